The molecule has 1 N–H and O–H groups in total. The smallest absolute Gasteiger partial charge is 0.220 e. The minimum Gasteiger partial charge on any atom is -0.354 e. The number of hydrogen-bond donors (Lipinski definition) is 1. The molecule has 0 saturated carbocycles. The zero-order valence-electron chi connectivity index (χ0n) is 10.7. The van der Waals surface area contributed by atoms with Gasteiger partial charge in [0.1, 0.15) is 5.69 Å². The van der Waals surface area contributed by atoms with E-state index in [1.54, 1.807) is 17.4 Å². The third-order valence-corrected chi connectivity index (χ3v) is 3.55. The molecule has 19 heavy (non-hydrogen) atoms. The third kappa shape index (κ3) is 4.06. The van der Waals surface area contributed by atoms with Gasteiger partial charge in [0, 0.05) is 19.2 Å². The molecule has 0 aliphatic heterocycles. The molecule has 2 aromatic rings. The second kappa shape index (κ2) is 6.89. The third-order valence-electron chi connectivity index (χ3n) is 2.65. The molecule has 0 atom stereocenters. The van der Waals surface area contributed by atoms with E-state index in [0.29, 0.717) is 19.5 Å². The maximum Gasteiger partial charge on any atom is 0.220 e. The topological polar surface area (TPSA) is 46.9 Å². The highest BCUT2D eigenvalue weighted by atomic mass is 32.1. The van der Waals surface area contributed by atoms with Crippen LogP contribution in [0, 0.1) is 0 Å². The summed E-state index contributed by atoms with van der Waals surface area (Å²) in [6.45, 7) is 4.88. The molecule has 0 unspecified atom stereocenters. The summed E-state index contributed by atoms with van der Waals surface area (Å²) in [6, 6.07) is 6.05. The second-order valence-corrected chi connectivity index (χ2v) is 5.07. The summed E-state index contributed by atoms with van der Waals surface area (Å²) in [5.74, 6) is 0.0607. The molecule has 2 aromatic heterocycles. The van der Waals surface area contributed by atoms with Crippen molar-refractivity contribution >= 4 is 17.2 Å². The van der Waals surface area contributed by atoms with Crippen molar-refractivity contribution in [1.82, 2.24) is 15.1 Å². The molecule has 2 rings (SSSR count). The number of carbonyl (C=O) groups is 1. The predicted molar refractivity (Wildman–Crippen MR) is 78.0 cm³/mol. The van der Waals surface area contributed by atoms with Gasteiger partial charge in [0.25, 0.3) is 0 Å². The number of hydrogen-bond acceptors (Lipinski definition) is 3. The van der Waals surface area contributed by atoms with Gasteiger partial charge in [-0.05, 0) is 23.9 Å². The number of thiophene rings is 1. The Hall–Kier alpha value is -1.88. The zero-order valence-corrected chi connectivity index (χ0v) is 11.5. The molecular weight excluding hydrogens is 258 g/mol. The van der Waals surface area contributed by atoms with Gasteiger partial charge in [-0.15, -0.1) is 17.9 Å². The predicted octanol–water partition coefficient (Wildman–Crippen LogP) is 2.69. The number of allylic oxidation sites excluding steroid dienone is 1. The first-order valence-electron chi connectivity index (χ1n) is 6.24. The first-order chi connectivity index (χ1) is 9.29. The Bertz CT molecular complexity index is 531. The Morgan fingerprint density at radius 2 is 2.42 bits per heavy atom. The minimum absolute atomic E-state index is 0.0607. The van der Waals surface area contributed by atoms with Crippen LogP contribution in [0.25, 0.3) is 10.6 Å². The van der Waals surface area contributed by atoms with E-state index in [0.717, 1.165) is 17.0 Å². The lowest BCUT2D eigenvalue weighted by atomic mass is 10.3. The van der Waals surface area contributed by atoms with Crippen molar-refractivity contribution in [1.29, 1.82) is 0 Å². The van der Waals surface area contributed by atoms with Crippen LogP contribution in [0.5, 0.6) is 0 Å². The lowest BCUT2D eigenvalue weighted by molar-refractivity contribution is -0.121. The van der Waals surface area contributed by atoms with Gasteiger partial charge in [0.05, 0.1) is 11.4 Å². The molecule has 0 aromatic carbocycles. The molecule has 4 nitrogen and oxygen atoms in total. The second-order valence-electron chi connectivity index (χ2n) is 4.12. The van der Waals surface area contributed by atoms with E-state index in [-0.39, 0.29) is 5.91 Å². The van der Waals surface area contributed by atoms with Crippen LogP contribution in [-0.4, -0.2) is 22.2 Å². The molecule has 0 aliphatic rings. The number of rotatable bonds is 7. The fourth-order valence-corrected chi connectivity index (χ4v) is 2.36. The van der Waals surface area contributed by atoms with Crippen molar-refractivity contribution in [3.8, 4) is 10.6 Å². The Labute approximate surface area is 116 Å². The van der Waals surface area contributed by atoms with Gasteiger partial charge in [-0.3, -0.25) is 9.48 Å². The maximum absolute atomic E-state index is 11.4. The van der Waals surface area contributed by atoms with E-state index >= 15 is 0 Å². The van der Waals surface area contributed by atoms with Crippen LogP contribution in [0.15, 0.2) is 42.4 Å². The van der Waals surface area contributed by atoms with E-state index in [1.807, 2.05) is 34.5 Å². The summed E-state index contributed by atoms with van der Waals surface area (Å²) in [6.07, 6.45) is 4.91. The Morgan fingerprint density at radius 3 is 3.16 bits per heavy atom. The largest absolute Gasteiger partial charge is 0.354 e. The van der Waals surface area contributed by atoms with Gasteiger partial charge in [0.2, 0.25) is 5.91 Å². The average molecular weight is 275 g/mol. The van der Waals surface area contributed by atoms with Crippen LogP contribution >= 0.6 is 11.3 Å². The van der Waals surface area contributed by atoms with Gasteiger partial charge < -0.3 is 5.32 Å². The van der Waals surface area contributed by atoms with Gasteiger partial charge in [-0.1, -0.05) is 12.1 Å². The summed E-state index contributed by atoms with van der Waals surface area (Å²) in [5.41, 5.74) is 0.980. The van der Waals surface area contributed by atoms with Crippen LogP contribution in [0.3, 0.4) is 0 Å². The normalized spacial score (nSPS) is 10.3. The lowest BCUT2D eigenvalue weighted by Gasteiger charge is -2.04. The average Bonchev–Trinajstić information content (AvgIpc) is 3.06. The molecule has 0 spiro atoms. The Morgan fingerprint density at radius 1 is 1.53 bits per heavy atom. The van der Waals surface area contributed by atoms with E-state index < -0.39 is 0 Å². The van der Waals surface area contributed by atoms with Gasteiger partial charge >= 0.3 is 0 Å². The highest BCUT2D eigenvalue weighted by Gasteiger charge is 2.03. The molecule has 0 radical (unpaired) electrons. The number of amides is 1. The van der Waals surface area contributed by atoms with Crippen LogP contribution in [-0.2, 0) is 11.3 Å². The van der Waals surface area contributed by atoms with E-state index in [4.69, 9.17) is 0 Å². The van der Waals surface area contributed by atoms with Crippen LogP contribution in [0.1, 0.15) is 12.8 Å². The molecule has 100 valence electrons. The molecular formula is C14H17N3OS. The molecule has 2 heterocycles. The van der Waals surface area contributed by atoms with Crippen molar-refractivity contribution in [2.45, 2.75) is 19.4 Å². The van der Waals surface area contributed by atoms with E-state index in [1.165, 1.54) is 0 Å². The van der Waals surface area contributed by atoms with Gasteiger partial charge in [0.15, 0.2) is 0 Å². The Balaban J connectivity index is 1.78. The number of aromatic nitrogens is 2. The summed E-state index contributed by atoms with van der Waals surface area (Å²) >= 11 is 1.67. The van der Waals surface area contributed by atoms with Crippen LogP contribution < -0.4 is 5.32 Å². The Kier molecular flexibility index (Phi) is 4.92. The molecule has 5 heteroatoms. The molecule has 0 fully saturated rings. The number of nitrogens with zero attached hydrogens (tertiary/aromatic N) is 2. The van der Waals surface area contributed by atoms with Crippen molar-refractivity contribution in [2.75, 3.05) is 6.54 Å². The fraction of sp³-hybridized carbons (Fsp3) is 0.286. The summed E-state index contributed by atoms with van der Waals surface area (Å²) in [4.78, 5) is 12.6. The van der Waals surface area contributed by atoms with Crippen LogP contribution in [0.4, 0.5) is 0 Å². The van der Waals surface area contributed by atoms with Crippen molar-refractivity contribution in [3.63, 3.8) is 0 Å². The number of carbonyl (C=O) groups excluding carboxylic acids is 1. The summed E-state index contributed by atoms with van der Waals surface area (Å²) < 4.78 is 1.85. The SMILES string of the molecule is C=CCCC(=O)NCCn1ccc(-c2cccs2)n1. The molecule has 0 bridgehead atoms. The van der Waals surface area contributed by atoms with Gasteiger partial charge in [-0.2, -0.15) is 5.10 Å². The number of nitrogens with one attached hydrogen (secondary N) is 1. The summed E-state index contributed by atoms with van der Waals surface area (Å²) in [7, 11) is 0. The first kappa shape index (κ1) is 13.5. The zero-order chi connectivity index (χ0) is 13.5. The molecule has 0 saturated heterocycles. The lowest BCUT2D eigenvalue weighted by Crippen LogP contribution is -2.26. The minimum atomic E-state index is 0.0607. The van der Waals surface area contributed by atoms with E-state index in [9.17, 15) is 4.79 Å². The quantitative estimate of drug-likeness (QED) is 0.790. The van der Waals surface area contributed by atoms with Crippen molar-refractivity contribution < 1.29 is 4.79 Å². The monoisotopic (exact) mass is 275 g/mol. The van der Waals surface area contributed by atoms with E-state index in [2.05, 4.69) is 17.0 Å². The maximum atomic E-state index is 11.4. The highest BCUT2D eigenvalue weighted by Crippen LogP contribution is 2.22. The van der Waals surface area contributed by atoms with Crippen LogP contribution in [0.2, 0.25) is 0 Å². The summed E-state index contributed by atoms with van der Waals surface area (Å²) in [5, 5.41) is 9.37. The molecule has 0 aliphatic carbocycles. The van der Waals surface area contributed by atoms with Crippen molar-refractivity contribution in [2.24, 2.45) is 0 Å². The standard InChI is InChI=1S/C14H17N3OS/c1-2-3-6-14(18)15-8-10-17-9-7-12(16-17)13-5-4-11-19-13/h2,4-5,7,9,11H,1,3,6,8,10H2,(H,15,18). The highest BCUT2D eigenvalue weighted by molar-refractivity contribution is 7.13. The first-order valence-corrected chi connectivity index (χ1v) is 7.12. The van der Waals surface area contributed by atoms with Gasteiger partial charge in [-0.25, -0.2) is 0 Å². The van der Waals surface area contributed by atoms with Crippen molar-refractivity contribution in [3.05, 3.63) is 42.4 Å². The fourth-order valence-electron chi connectivity index (χ4n) is 1.67. The molecule has 1 amide bonds.